The normalized spacial score (nSPS) is 9.33. The van der Waals surface area contributed by atoms with Crippen LogP contribution in [-0.2, 0) is 23.9 Å². The van der Waals surface area contributed by atoms with Gasteiger partial charge in [-0.2, -0.15) is 0 Å². The first kappa shape index (κ1) is 11.1. The summed E-state index contributed by atoms with van der Waals surface area (Å²) >= 11 is 2.50. The van der Waals surface area contributed by atoms with E-state index in [1.54, 1.807) is 0 Å². The molecule has 0 aromatic heterocycles. The molecule has 0 heterocycles. The van der Waals surface area contributed by atoms with Gasteiger partial charge in [-0.25, -0.2) is 0 Å². The average Bonchev–Trinajstić information content (AvgIpc) is 1.83. The third-order valence-corrected chi connectivity index (χ3v) is 1.11. The van der Waals surface area contributed by atoms with Crippen molar-refractivity contribution in [3.8, 4) is 0 Å². The molecule has 0 amide bonds. The Bertz CT molecular complexity index is 196. The molecule has 0 N–H and O–H groups in total. The van der Waals surface area contributed by atoms with E-state index in [2.05, 4.69) is 25.4 Å². The van der Waals surface area contributed by atoms with Gasteiger partial charge in [-0.15, -0.1) is 0 Å². The molecule has 0 unspecified atom stereocenters. The largest absolute Gasteiger partial charge is 0.417 e. The van der Waals surface area contributed by atoms with E-state index in [0.717, 1.165) is 13.8 Å². The van der Waals surface area contributed by atoms with Gasteiger partial charge in [0.25, 0.3) is 4.69 Å². The Balaban J connectivity index is 4.14. The second-order valence-electron chi connectivity index (χ2n) is 1.85. The van der Waals surface area contributed by atoms with E-state index in [-0.39, 0.29) is 0 Å². The maximum Gasteiger partial charge on any atom is 0.316 e. The molecule has 0 saturated carbocycles. The van der Waals surface area contributed by atoms with Gasteiger partial charge in [0.1, 0.15) is 0 Å². The number of hydrogen-bond donors (Lipinski definition) is 0. The minimum atomic E-state index is -1.49. The van der Waals surface area contributed by atoms with Crippen LogP contribution in [0.5, 0.6) is 0 Å². The molecule has 0 aromatic rings. The molecule has 0 radical (unpaired) electrons. The summed E-state index contributed by atoms with van der Waals surface area (Å²) in [6, 6.07) is 0. The smallest absolute Gasteiger partial charge is 0.316 e. The first-order valence-corrected chi connectivity index (χ1v) is 3.76. The van der Waals surface area contributed by atoms with Crippen LogP contribution in [0.4, 0.5) is 0 Å². The van der Waals surface area contributed by atoms with Crippen molar-refractivity contribution >= 4 is 32.6 Å². The molecule has 0 aliphatic rings. The Morgan fingerprint density at radius 2 is 1.42 bits per heavy atom. The zero-order valence-corrected chi connectivity index (χ0v) is 8.08. The highest BCUT2D eigenvalue weighted by Crippen LogP contribution is 2.02. The zero-order valence-electron chi connectivity index (χ0n) is 6.50. The van der Waals surface area contributed by atoms with Crippen molar-refractivity contribution in [3.63, 3.8) is 0 Å². The highest BCUT2D eigenvalue weighted by atomic mass is 79.9. The molecule has 0 bridgehead atoms. The van der Waals surface area contributed by atoms with Gasteiger partial charge in [0, 0.05) is 29.8 Å². The third kappa shape index (κ3) is 4.84. The van der Waals surface area contributed by atoms with Gasteiger partial charge in [0.15, 0.2) is 0 Å². The summed E-state index contributed by atoms with van der Waals surface area (Å²) in [5.41, 5.74) is 0. The minimum Gasteiger partial charge on any atom is -0.417 e. The lowest BCUT2D eigenvalue weighted by Gasteiger charge is -2.11. The number of ether oxygens (including phenoxy) is 2. The van der Waals surface area contributed by atoms with Crippen LogP contribution in [0, 0.1) is 0 Å². The second-order valence-corrected chi connectivity index (χ2v) is 2.64. The van der Waals surface area contributed by atoms with Crippen LogP contribution in [0.15, 0.2) is 0 Å². The summed E-state index contributed by atoms with van der Waals surface area (Å²) in [5, 5.41) is 0. The minimum absolute atomic E-state index is 0.700. The fourth-order valence-electron chi connectivity index (χ4n) is 0.418. The molecule has 0 fully saturated rings. The Hall–Kier alpha value is -0.910. The summed E-state index contributed by atoms with van der Waals surface area (Å²) < 4.78 is 7.97. The summed E-state index contributed by atoms with van der Waals surface area (Å²) in [7, 11) is 0. The number of esters is 2. The van der Waals surface area contributed by atoms with Crippen molar-refractivity contribution < 1.29 is 23.9 Å². The summed E-state index contributed by atoms with van der Waals surface area (Å²) in [4.78, 5) is 31.3. The molecule has 0 atom stereocenters. The molecule has 12 heavy (non-hydrogen) atoms. The summed E-state index contributed by atoms with van der Waals surface area (Å²) in [6.45, 7) is 2.21. The quantitative estimate of drug-likeness (QED) is 0.404. The van der Waals surface area contributed by atoms with Gasteiger partial charge in [-0.05, 0) is 0 Å². The fraction of sp³-hybridized carbons (Fsp3) is 0.500. The van der Waals surface area contributed by atoms with Crippen LogP contribution in [-0.4, -0.2) is 22.9 Å². The van der Waals surface area contributed by atoms with E-state index in [9.17, 15) is 14.4 Å². The monoisotopic (exact) mass is 238 g/mol. The summed E-state index contributed by atoms with van der Waals surface area (Å²) in [5.74, 6) is -1.40. The maximum absolute atomic E-state index is 10.6. The van der Waals surface area contributed by atoms with E-state index >= 15 is 0 Å². The van der Waals surface area contributed by atoms with E-state index in [4.69, 9.17) is 0 Å². The maximum atomic E-state index is 10.6. The van der Waals surface area contributed by atoms with Crippen LogP contribution < -0.4 is 0 Å². The first-order chi connectivity index (χ1) is 5.43. The highest BCUT2D eigenvalue weighted by molar-refractivity contribution is 9.18. The lowest BCUT2D eigenvalue weighted by molar-refractivity contribution is -0.185. The number of carbonyl (C=O) groups is 3. The third-order valence-electron chi connectivity index (χ3n) is 0.731. The second kappa shape index (κ2) is 4.87. The van der Waals surface area contributed by atoms with Crippen LogP contribution >= 0.6 is 15.9 Å². The van der Waals surface area contributed by atoms with Crippen molar-refractivity contribution in [2.24, 2.45) is 0 Å². The standard InChI is InChI=1S/C6H7BrO5/c1-3(8)11-6(5(7)10)12-4(2)9/h6H,1-2H3. The van der Waals surface area contributed by atoms with Gasteiger partial charge in [-0.3, -0.25) is 14.4 Å². The molecule has 0 aromatic carbocycles. The predicted octanol–water partition coefficient (Wildman–Crippen LogP) is 0.360. The molecule has 0 rings (SSSR count). The predicted molar refractivity (Wildman–Crippen MR) is 41.3 cm³/mol. The Kier molecular flexibility index (Phi) is 4.50. The molecule has 5 nitrogen and oxygen atoms in total. The molecule has 0 aliphatic heterocycles. The van der Waals surface area contributed by atoms with Crippen LogP contribution in [0.25, 0.3) is 0 Å². The molecule has 68 valence electrons. The topological polar surface area (TPSA) is 69.7 Å². The molecule has 0 spiro atoms. The van der Waals surface area contributed by atoms with Crippen LogP contribution in [0.3, 0.4) is 0 Å². The lowest BCUT2D eigenvalue weighted by atomic mass is 10.6. The number of hydrogen-bond acceptors (Lipinski definition) is 5. The van der Waals surface area contributed by atoms with Crippen molar-refractivity contribution in [2.75, 3.05) is 0 Å². The molecular formula is C6H7BrO5. The SMILES string of the molecule is CC(=O)OC(OC(C)=O)C(=O)Br. The highest BCUT2D eigenvalue weighted by Gasteiger charge is 2.21. The van der Waals surface area contributed by atoms with E-state index in [1.807, 2.05) is 0 Å². The Morgan fingerprint density at radius 1 is 1.08 bits per heavy atom. The van der Waals surface area contributed by atoms with Gasteiger partial charge < -0.3 is 9.47 Å². The molecule has 6 heteroatoms. The van der Waals surface area contributed by atoms with Crippen LogP contribution in [0.2, 0.25) is 0 Å². The molecule has 0 aliphatic carbocycles. The van der Waals surface area contributed by atoms with Crippen molar-refractivity contribution in [2.45, 2.75) is 20.1 Å². The average molecular weight is 239 g/mol. The number of carbonyl (C=O) groups excluding carboxylic acids is 3. The van der Waals surface area contributed by atoms with Crippen molar-refractivity contribution in [1.29, 1.82) is 0 Å². The fourth-order valence-corrected chi connectivity index (χ4v) is 0.605. The van der Waals surface area contributed by atoms with Crippen molar-refractivity contribution in [3.05, 3.63) is 0 Å². The van der Waals surface area contributed by atoms with Crippen LogP contribution in [0.1, 0.15) is 13.8 Å². The van der Waals surface area contributed by atoms with Gasteiger partial charge in [0.2, 0.25) is 0 Å². The lowest BCUT2D eigenvalue weighted by Crippen LogP contribution is -2.27. The number of rotatable bonds is 3. The van der Waals surface area contributed by atoms with Gasteiger partial charge in [-0.1, -0.05) is 0 Å². The van der Waals surface area contributed by atoms with Gasteiger partial charge >= 0.3 is 18.2 Å². The van der Waals surface area contributed by atoms with E-state index < -0.39 is 22.9 Å². The zero-order chi connectivity index (χ0) is 9.72. The van der Waals surface area contributed by atoms with E-state index in [0.29, 0.717) is 0 Å². The van der Waals surface area contributed by atoms with Gasteiger partial charge in [0.05, 0.1) is 0 Å². The Morgan fingerprint density at radius 3 is 1.58 bits per heavy atom. The Labute approximate surface area is 77.1 Å². The molecular weight excluding hydrogens is 232 g/mol. The van der Waals surface area contributed by atoms with Crippen molar-refractivity contribution in [1.82, 2.24) is 0 Å². The van der Waals surface area contributed by atoms with E-state index in [1.165, 1.54) is 0 Å². The first-order valence-electron chi connectivity index (χ1n) is 2.97. The molecule has 0 saturated heterocycles. The number of halogens is 1. The summed E-state index contributed by atoms with van der Waals surface area (Å²) in [6.07, 6.45) is -1.49.